The highest BCUT2D eigenvalue weighted by molar-refractivity contribution is 6.35. The van der Waals surface area contributed by atoms with E-state index in [1.165, 1.54) is 12.1 Å². The number of ether oxygens (including phenoxy) is 1. The normalized spacial score (nSPS) is 11.8. The average Bonchev–Trinajstić information content (AvgIpc) is 3.21. The standard InChI is InChI=1S/C24H18Cl4F2N3O.ClH/c25-17-3-1-15(21(27)7-17)10-32-13-31-33(14-32)11-24(20-6-5-19(29)9-23(20)30)34-12-16-2-4-18(26)8-22(16)28;/h1-9,13-14,24H,10-12H2;1H/q+1;/p-1. The number of rotatable bonds is 8. The molecule has 1 unspecified atom stereocenters. The monoisotopic (exact) mass is 577 g/mol. The molecule has 0 amide bonds. The van der Waals surface area contributed by atoms with Crippen LogP contribution in [0.2, 0.25) is 20.1 Å². The summed E-state index contributed by atoms with van der Waals surface area (Å²) in [6.07, 6.45) is 2.61. The summed E-state index contributed by atoms with van der Waals surface area (Å²) in [5, 5.41) is 6.37. The van der Waals surface area contributed by atoms with Crippen LogP contribution in [-0.4, -0.2) is 9.78 Å². The van der Waals surface area contributed by atoms with Gasteiger partial charge in [-0.25, -0.2) is 13.3 Å². The van der Waals surface area contributed by atoms with Gasteiger partial charge in [-0.1, -0.05) is 64.6 Å². The van der Waals surface area contributed by atoms with Crippen LogP contribution >= 0.6 is 46.4 Å². The Labute approximate surface area is 227 Å². The predicted molar refractivity (Wildman–Crippen MR) is 128 cm³/mol. The first-order chi connectivity index (χ1) is 16.3. The summed E-state index contributed by atoms with van der Waals surface area (Å²) in [6, 6.07) is 13.7. The van der Waals surface area contributed by atoms with E-state index in [0.29, 0.717) is 32.2 Å². The van der Waals surface area contributed by atoms with E-state index in [1.807, 2.05) is 10.6 Å². The summed E-state index contributed by atoms with van der Waals surface area (Å²) >= 11 is 24.4. The van der Waals surface area contributed by atoms with E-state index >= 15 is 0 Å². The van der Waals surface area contributed by atoms with Gasteiger partial charge in [-0.05, 0) is 35.9 Å². The molecule has 0 fully saturated rings. The third kappa shape index (κ3) is 7.29. The molecular weight excluding hydrogens is 562 g/mol. The number of hydrogen-bond donors (Lipinski definition) is 0. The predicted octanol–water partition coefficient (Wildman–Crippen LogP) is 4.07. The van der Waals surface area contributed by atoms with Crippen molar-refractivity contribution in [3.05, 3.63) is 116 Å². The van der Waals surface area contributed by atoms with E-state index < -0.39 is 17.7 Å². The molecule has 0 aliphatic heterocycles. The molecule has 0 aliphatic rings. The number of benzene rings is 3. The summed E-state index contributed by atoms with van der Waals surface area (Å²) in [4.78, 5) is 0. The lowest BCUT2D eigenvalue weighted by Gasteiger charge is -2.17. The summed E-state index contributed by atoms with van der Waals surface area (Å²) in [6.45, 7) is 0.737. The van der Waals surface area contributed by atoms with Crippen molar-refractivity contribution in [1.82, 2.24) is 9.78 Å². The smallest absolute Gasteiger partial charge is 0.265 e. The molecule has 11 heteroatoms. The van der Waals surface area contributed by atoms with E-state index in [4.69, 9.17) is 51.1 Å². The van der Waals surface area contributed by atoms with Crippen molar-refractivity contribution in [2.45, 2.75) is 25.8 Å². The van der Waals surface area contributed by atoms with E-state index in [9.17, 15) is 8.78 Å². The Morgan fingerprint density at radius 1 is 0.886 bits per heavy atom. The molecule has 0 saturated heterocycles. The van der Waals surface area contributed by atoms with Gasteiger partial charge >= 0.3 is 0 Å². The van der Waals surface area contributed by atoms with Gasteiger partial charge in [0.2, 0.25) is 6.33 Å². The van der Waals surface area contributed by atoms with Crippen LogP contribution in [0.25, 0.3) is 0 Å². The van der Waals surface area contributed by atoms with Crippen molar-refractivity contribution in [1.29, 1.82) is 0 Å². The van der Waals surface area contributed by atoms with Crippen LogP contribution in [0.15, 0.2) is 67.3 Å². The molecule has 1 heterocycles. The summed E-state index contributed by atoms with van der Waals surface area (Å²) in [5.74, 6) is -1.38. The van der Waals surface area contributed by atoms with Gasteiger partial charge in [0.05, 0.1) is 13.2 Å². The molecule has 4 aromatic rings. The minimum Gasteiger partial charge on any atom is -1.00 e. The molecule has 3 aromatic carbocycles. The van der Waals surface area contributed by atoms with Crippen molar-refractivity contribution in [2.75, 3.05) is 0 Å². The molecule has 0 aliphatic carbocycles. The molecule has 1 aromatic heterocycles. The van der Waals surface area contributed by atoms with Crippen LogP contribution in [0.4, 0.5) is 8.78 Å². The van der Waals surface area contributed by atoms with E-state index in [0.717, 1.165) is 11.6 Å². The Morgan fingerprint density at radius 3 is 2.17 bits per heavy atom. The number of aromatic nitrogens is 3. The zero-order valence-electron chi connectivity index (χ0n) is 17.9. The highest BCUT2D eigenvalue weighted by Crippen LogP contribution is 2.27. The number of nitrogens with zero attached hydrogens (tertiary/aromatic N) is 3. The third-order valence-corrected chi connectivity index (χ3v) is 6.29. The number of hydrogen-bond acceptors (Lipinski definition) is 2. The minimum absolute atomic E-state index is 0. The van der Waals surface area contributed by atoms with Gasteiger partial charge in [-0.15, -0.1) is 4.68 Å². The summed E-state index contributed by atoms with van der Waals surface area (Å²) in [5.41, 5.74) is 1.76. The summed E-state index contributed by atoms with van der Waals surface area (Å²) < 4.78 is 37.6. The first-order valence-electron chi connectivity index (χ1n) is 10.1. The molecule has 4 rings (SSSR count). The van der Waals surface area contributed by atoms with E-state index in [1.54, 1.807) is 47.7 Å². The quantitative estimate of drug-likeness (QED) is 0.295. The zero-order chi connectivity index (χ0) is 24.2. The van der Waals surface area contributed by atoms with Crippen LogP contribution in [0.5, 0.6) is 0 Å². The van der Waals surface area contributed by atoms with Crippen LogP contribution in [0, 0.1) is 11.6 Å². The fraction of sp³-hybridized carbons (Fsp3) is 0.167. The first kappa shape index (κ1) is 27.7. The lowest BCUT2D eigenvalue weighted by Crippen LogP contribution is -3.00. The largest absolute Gasteiger partial charge is 1.00 e. The van der Waals surface area contributed by atoms with Crippen molar-refractivity contribution < 1.29 is 30.5 Å². The lowest BCUT2D eigenvalue weighted by atomic mass is 10.1. The highest BCUT2D eigenvalue weighted by atomic mass is 35.5. The van der Waals surface area contributed by atoms with Crippen LogP contribution in [-0.2, 0) is 24.4 Å². The topological polar surface area (TPSA) is 30.9 Å². The molecule has 0 N–H and O–H groups in total. The van der Waals surface area contributed by atoms with Gasteiger partial charge in [-0.3, -0.25) is 0 Å². The van der Waals surface area contributed by atoms with Crippen molar-refractivity contribution in [2.24, 2.45) is 0 Å². The molecule has 0 radical (unpaired) electrons. The Hall–Kier alpha value is -1.93. The second-order valence-electron chi connectivity index (χ2n) is 7.58. The molecule has 1 atom stereocenters. The second-order valence-corrected chi connectivity index (χ2v) is 9.26. The van der Waals surface area contributed by atoms with Gasteiger partial charge < -0.3 is 17.1 Å². The number of halogens is 7. The van der Waals surface area contributed by atoms with E-state index in [-0.39, 0.29) is 31.1 Å². The Balaban J connectivity index is 0.00000342. The van der Waals surface area contributed by atoms with Gasteiger partial charge in [-0.2, -0.15) is 0 Å². The maximum absolute atomic E-state index is 14.6. The molecular formula is C24H18Cl5F2N3O. The highest BCUT2D eigenvalue weighted by Gasteiger charge is 2.22. The SMILES string of the molecule is Fc1ccc(C(Cn2c[n+](Cc3ccc(Cl)cc3Cl)cn2)OCc2ccc(Cl)cc2Cl)c(F)c1.[Cl-]. The molecule has 184 valence electrons. The first-order valence-corrected chi connectivity index (χ1v) is 11.7. The van der Waals surface area contributed by atoms with Gasteiger partial charge in [0.25, 0.3) is 6.33 Å². The fourth-order valence-electron chi connectivity index (χ4n) is 3.39. The second kappa shape index (κ2) is 12.3. The molecule has 0 bridgehead atoms. The average molecular weight is 580 g/mol. The van der Waals surface area contributed by atoms with Crippen LogP contribution < -0.4 is 17.0 Å². The van der Waals surface area contributed by atoms with Crippen molar-refractivity contribution in [3.63, 3.8) is 0 Å². The van der Waals surface area contributed by atoms with Gasteiger partial charge in [0.1, 0.15) is 24.3 Å². The van der Waals surface area contributed by atoms with Crippen molar-refractivity contribution in [3.8, 4) is 0 Å². The van der Waals surface area contributed by atoms with Gasteiger partial charge in [0, 0.05) is 42.4 Å². The lowest BCUT2D eigenvalue weighted by molar-refractivity contribution is -0.689. The third-order valence-electron chi connectivity index (χ3n) is 5.12. The Bertz CT molecular complexity index is 1320. The minimum atomic E-state index is -0.764. The molecule has 4 nitrogen and oxygen atoms in total. The molecule has 35 heavy (non-hydrogen) atoms. The van der Waals surface area contributed by atoms with E-state index in [2.05, 4.69) is 5.10 Å². The molecule has 0 spiro atoms. The maximum Gasteiger partial charge on any atom is 0.265 e. The van der Waals surface area contributed by atoms with Gasteiger partial charge in [0.15, 0.2) is 0 Å². The summed E-state index contributed by atoms with van der Waals surface area (Å²) in [7, 11) is 0. The fourth-order valence-corrected chi connectivity index (χ4v) is 4.32. The zero-order valence-corrected chi connectivity index (χ0v) is 21.7. The Morgan fingerprint density at radius 2 is 1.54 bits per heavy atom. The van der Waals surface area contributed by atoms with Crippen LogP contribution in [0.3, 0.4) is 0 Å². The Kier molecular flexibility index (Phi) is 9.76. The maximum atomic E-state index is 14.6. The van der Waals surface area contributed by atoms with Crippen LogP contribution in [0.1, 0.15) is 22.8 Å². The molecule has 0 saturated carbocycles. The van der Waals surface area contributed by atoms with Crippen molar-refractivity contribution >= 4 is 46.4 Å².